The summed E-state index contributed by atoms with van der Waals surface area (Å²) in [7, 11) is 0. The van der Waals surface area contributed by atoms with E-state index in [1.807, 2.05) is 13.0 Å². The molecule has 1 fully saturated rings. The number of hydrogen-bond acceptors (Lipinski definition) is 5. The summed E-state index contributed by atoms with van der Waals surface area (Å²) in [6.07, 6.45) is 2.71. The van der Waals surface area contributed by atoms with Gasteiger partial charge in [-0.05, 0) is 69.3 Å². The summed E-state index contributed by atoms with van der Waals surface area (Å²) in [6, 6.07) is 13.1. The molecule has 1 aromatic heterocycles. The first-order valence-corrected chi connectivity index (χ1v) is 9.03. The van der Waals surface area contributed by atoms with Crippen LogP contribution in [0.3, 0.4) is 0 Å². The monoisotopic (exact) mass is 352 g/mol. The molecular formula is C20H24N4O2. The van der Waals surface area contributed by atoms with E-state index in [4.69, 9.17) is 0 Å². The fourth-order valence-corrected chi connectivity index (χ4v) is 3.43. The van der Waals surface area contributed by atoms with Gasteiger partial charge in [0.05, 0.1) is 11.0 Å². The van der Waals surface area contributed by atoms with Gasteiger partial charge in [0.1, 0.15) is 0 Å². The van der Waals surface area contributed by atoms with Crippen molar-refractivity contribution in [1.29, 1.82) is 0 Å². The second-order valence-electron chi connectivity index (χ2n) is 6.78. The number of likely N-dealkylation sites (tertiary alicyclic amines) is 1. The average Bonchev–Trinajstić information content (AvgIpc) is 2.67. The molecule has 1 aromatic carbocycles. The Morgan fingerprint density at radius 3 is 2.58 bits per heavy atom. The quantitative estimate of drug-likeness (QED) is 0.468. The van der Waals surface area contributed by atoms with Gasteiger partial charge < -0.3 is 4.90 Å². The molecule has 26 heavy (non-hydrogen) atoms. The number of piperidine rings is 1. The third-order valence-corrected chi connectivity index (χ3v) is 4.93. The van der Waals surface area contributed by atoms with Gasteiger partial charge in [-0.3, -0.25) is 9.78 Å². The third-order valence-electron chi connectivity index (χ3n) is 4.93. The average molecular weight is 352 g/mol. The van der Waals surface area contributed by atoms with Crippen LogP contribution in [0.2, 0.25) is 0 Å². The Morgan fingerprint density at radius 1 is 1.19 bits per heavy atom. The molecule has 0 bridgehead atoms. The van der Waals surface area contributed by atoms with E-state index in [0.29, 0.717) is 11.3 Å². The lowest BCUT2D eigenvalue weighted by Crippen LogP contribution is -2.37. The van der Waals surface area contributed by atoms with Crippen molar-refractivity contribution in [2.24, 2.45) is 11.2 Å². The molecule has 0 spiro atoms. The molecule has 136 valence electrons. The van der Waals surface area contributed by atoms with Crippen molar-refractivity contribution in [1.82, 2.24) is 9.88 Å². The number of carbonyl (C=O) groups is 1. The van der Waals surface area contributed by atoms with E-state index in [9.17, 15) is 9.70 Å². The molecule has 1 N–H and O–H groups in total. The van der Waals surface area contributed by atoms with Crippen LogP contribution in [0.25, 0.3) is 0 Å². The number of rotatable bonds is 7. The van der Waals surface area contributed by atoms with Crippen molar-refractivity contribution < 1.29 is 4.79 Å². The third kappa shape index (κ3) is 4.73. The van der Waals surface area contributed by atoms with Gasteiger partial charge in [0, 0.05) is 35.8 Å². The summed E-state index contributed by atoms with van der Waals surface area (Å²) in [4.78, 5) is 29.8. The van der Waals surface area contributed by atoms with Crippen molar-refractivity contribution in [2.75, 3.05) is 25.1 Å². The van der Waals surface area contributed by atoms with Crippen molar-refractivity contribution in [3.8, 4) is 0 Å². The fourth-order valence-electron chi connectivity index (χ4n) is 3.43. The number of hydrogen-bond donors (Lipinski definition) is 1. The summed E-state index contributed by atoms with van der Waals surface area (Å²) >= 11 is 0. The first-order chi connectivity index (χ1) is 12.7. The molecule has 2 aromatic rings. The molecule has 6 nitrogen and oxygen atoms in total. The standard InChI is InChI=1S/C20H24N4O2/c1-15-3-2-4-18(21-15)11-14-24-12-9-17(10-13-24)20(25)16-5-7-19(8-6-16)22-23-26/h2-8,17H,9-14H2,1H3,(H,22,26). The predicted octanol–water partition coefficient (Wildman–Crippen LogP) is 3.62. The second-order valence-corrected chi connectivity index (χ2v) is 6.78. The van der Waals surface area contributed by atoms with Crippen molar-refractivity contribution in [3.05, 3.63) is 64.3 Å². The number of nitrogens with one attached hydrogen (secondary N) is 1. The number of carbonyl (C=O) groups excluding carboxylic acids is 1. The Hall–Kier alpha value is -2.60. The van der Waals surface area contributed by atoms with Gasteiger partial charge in [0.2, 0.25) is 0 Å². The first kappa shape index (κ1) is 18.2. The fraction of sp³-hybridized carbons (Fsp3) is 0.400. The Balaban J connectivity index is 1.48. The van der Waals surface area contributed by atoms with Gasteiger partial charge in [-0.1, -0.05) is 6.07 Å². The number of aromatic nitrogens is 1. The highest BCUT2D eigenvalue weighted by Crippen LogP contribution is 2.23. The highest BCUT2D eigenvalue weighted by Gasteiger charge is 2.25. The van der Waals surface area contributed by atoms with Crippen molar-refractivity contribution >= 4 is 11.5 Å². The van der Waals surface area contributed by atoms with E-state index in [0.717, 1.165) is 50.3 Å². The van der Waals surface area contributed by atoms with Crippen LogP contribution in [0.5, 0.6) is 0 Å². The van der Waals surface area contributed by atoms with E-state index >= 15 is 0 Å². The molecule has 2 heterocycles. The first-order valence-electron chi connectivity index (χ1n) is 9.03. The molecule has 0 radical (unpaired) electrons. The summed E-state index contributed by atoms with van der Waals surface area (Å²) in [5, 5.41) is 2.63. The Labute approximate surface area is 153 Å². The van der Waals surface area contributed by atoms with E-state index in [1.54, 1.807) is 24.3 Å². The number of nitrogens with zero attached hydrogens (tertiary/aromatic N) is 3. The number of Topliss-reactive ketones (excluding diaryl/α,β-unsaturated/α-hetero) is 1. The lowest BCUT2D eigenvalue weighted by molar-refractivity contribution is 0.0841. The van der Waals surface area contributed by atoms with Gasteiger partial charge in [0.15, 0.2) is 5.78 Å². The number of aryl methyl sites for hydroxylation is 1. The normalized spacial score (nSPS) is 15.6. The molecule has 0 aliphatic carbocycles. The molecule has 1 aliphatic rings. The van der Waals surface area contributed by atoms with Crippen LogP contribution < -0.4 is 5.43 Å². The smallest absolute Gasteiger partial charge is 0.166 e. The molecule has 6 heteroatoms. The van der Waals surface area contributed by atoms with Gasteiger partial charge in [-0.2, -0.15) is 0 Å². The molecular weight excluding hydrogens is 328 g/mol. The number of ketones is 1. The van der Waals surface area contributed by atoms with Crippen LogP contribution in [0.15, 0.2) is 47.8 Å². The van der Waals surface area contributed by atoms with Crippen LogP contribution in [-0.4, -0.2) is 35.3 Å². The summed E-state index contributed by atoms with van der Waals surface area (Å²) < 4.78 is 0. The predicted molar refractivity (Wildman–Crippen MR) is 102 cm³/mol. The number of benzene rings is 1. The molecule has 0 unspecified atom stereocenters. The summed E-state index contributed by atoms with van der Waals surface area (Å²) in [6.45, 7) is 4.88. The molecule has 3 rings (SSSR count). The Morgan fingerprint density at radius 2 is 1.92 bits per heavy atom. The summed E-state index contributed by atoms with van der Waals surface area (Å²) in [5.41, 5.74) is 5.81. The van der Waals surface area contributed by atoms with Gasteiger partial charge in [-0.15, -0.1) is 4.91 Å². The Bertz CT molecular complexity index is 753. The second kappa shape index (κ2) is 8.67. The van der Waals surface area contributed by atoms with Crippen LogP contribution in [-0.2, 0) is 6.42 Å². The maximum atomic E-state index is 12.7. The molecule has 1 saturated heterocycles. The minimum Gasteiger partial charge on any atom is -0.303 e. The number of anilines is 1. The van der Waals surface area contributed by atoms with E-state index in [-0.39, 0.29) is 11.7 Å². The minimum absolute atomic E-state index is 0.0753. The van der Waals surface area contributed by atoms with Gasteiger partial charge >= 0.3 is 0 Å². The van der Waals surface area contributed by atoms with Crippen molar-refractivity contribution in [2.45, 2.75) is 26.2 Å². The van der Waals surface area contributed by atoms with Gasteiger partial charge in [-0.25, -0.2) is 5.43 Å². The highest BCUT2D eigenvalue weighted by atomic mass is 16.3. The van der Waals surface area contributed by atoms with E-state index < -0.39 is 0 Å². The van der Waals surface area contributed by atoms with Gasteiger partial charge in [0.25, 0.3) is 0 Å². The van der Waals surface area contributed by atoms with Crippen LogP contribution >= 0.6 is 0 Å². The maximum absolute atomic E-state index is 12.7. The summed E-state index contributed by atoms with van der Waals surface area (Å²) in [5.74, 6) is 0.266. The zero-order chi connectivity index (χ0) is 18.4. The lowest BCUT2D eigenvalue weighted by atomic mass is 9.89. The number of nitroso groups, excluding NO2 is 1. The van der Waals surface area contributed by atoms with E-state index in [1.165, 1.54) is 0 Å². The number of pyridine rings is 1. The van der Waals surface area contributed by atoms with Crippen LogP contribution in [0.1, 0.15) is 34.6 Å². The molecule has 1 aliphatic heterocycles. The molecule has 0 saturated carbocycles. The zero-order valence-corrected chi connectivity index (χ0v) is 15.0. The van der Waals surface area contributed by atoms with Crippen molar-refractivity contribution in [3.63, 3.8) is 0 Å². The lowest BCUT2D eigenvalue weighted by Gasteiger charge is -2.31. The maximum Gasteiger partial charge on any atom is 0.166 e. The van der Waals surface area contributed by atoms with Crippen LogP contribution in [0.4, 0.5) is 5.69 Å². The van der Waals surface area contributed by atoms with E-state index in [2.05, 4.69) is 32.7 Å². The topological polar surface area (TPSA) is 74.7 Å². The Kier molecular flexibility index (Phi) is 6.07. The zero-order valence-electron chi connectivity index (χ0n) is 15.0. The van der Waals surface area contributed by atoms with Crippen LogP contribution in [0, 0.1) is 17.7 Å². The molecule has 0 amide bonds. The minimum atomic E-state index is 0.0753. The largest absolute Gasteiger partial charge is 0.303 e. The molecule has 0 atom stereocenters. The highest BCUT2D eigenvalue weighted by molar-refractivity contribution is 5.98. The SMILES string of the molecule is Cc1cccc(CCN2CCC(C(=O)c3ccc(NN=O)cc3)CC2)n1.